The van der Waals surface area contributed by atoms with Crippen molar-refractivity contribution in [3.63, 3.8) is 0 Å². The van der Waals surface area contributed by atoms with E-state index in [0.717, 1.165) is 0 Å². The highest BCUT2D eigenvalue weighted by atomic mass is 79.9. The Morgan fingerprint density at radius 3 is 2.65 bits per heavy atom. The van der Waals surface area contributed by atoms with Gasteiger partial charge in [0, 0.05) is 10.5 Å². The van der Waals surface area contributed by atoms with Crippen molar-refractivity contribution in [2.45, 2.75) is 37.9 Å². The van der Waals surface area contributed by atoms with Crippen LogP contribution in [0.25, 0.3) is 0 Å². The van der Waals surface area contributed by atoms with Crippen LogP contribution in [0.5, 0.6) is 5.75 Å². The van der Waals surface area contributed by atoms with Gasteiger partial charge in [0.2, 0.25) is 0 Å². The Labute approximate surface area is 139 Å². The second-order valence-corrected chi connectivity index (χ2v) is 6.39. The quantitative estimate of drug-likeness (QED) is 0.773. The molecule has 2 rings (SSSR count). The molecule has 23 heavy (non-hydrogen) atoms. The highest BCUT2D eigenvalue weighted by molar-refractivity contribution is 9.10. The first-order valence-electron chi connectivity index (χ1n) is 7.21. The van der Waals surface area contributed by atoms with Crippen LogP contribution in [0.15, 0.2) is 22.7 Å². The molecule has 8 heteroatoms. The molecule has 2 atom stereocenters. The van der Waals surface area contributed by atoms with E-state index in [2.05, 4.69) is 21.2 Å². The smallest absolute Gasteiger partial charge is 0.393 e. The van der Waals surface area contributed by atoms with Crippen LogP contribution in [-0.2, 0) is 4.79 Å². The predicted octanol–water partition coefficient (Wildman–Crippen LogP) is 4.20. The Hall–Kier alpha value is -1.31. The van der Waals surface area contributed by atoms with Gasteiger partial charge >= 0.3 is 6.18 Å². The van der Waals surface area contributed by atoms with E-state index >= 15 is 0 Å². The first-order valence-corrected chi connectivity index (χ1v) is 8.00. The van der Waals surface area contributed by atoms with E-state index in [4.69, 9.17) is 4.74 Å². The molecule has 1 aliphatic carbocycles. The number of carbonyl (C=O) groups is 1. The van der Waals surface area contributed by atoms with E-state index in [-0.39, 0.29) is 18.6 Å². The second kappa shape index (κ2) is 7.51. The van der Waals surface area contributed by atoms with Gasteiger partial charge in [0.15, 0.2) is 18.2 Å². The second-order valence-electron chi connectivity index (χ2n) is 5.47. The van der Waals surface area contributed by atoms with Crippen LogP contribution < -0.4 is 10.1 Å². The molecule has 1 N–H and O–H groups in total. The molecule has 1 saturated carbocycles. The van der Waals surface area contributed by atoms with Crippen LogP contribution in [0.4, 0.5) is 17.6 Å². The van der Waals surface area contributed by atoms with Crippen LogP contribution in [0.3, 0.4) is 0 Å². The van der Waals surface area contributed by atoms with Crippen molar-refractivity contribution in [3.05, 3.63) is 28.5 Å². The minimum absolute atomic E-state index is 0.0106. The molecule has 1 aliphatic rings. The summed E-state index contributed by atoms with van der Waals surface area (Å²) in [7, 11) is 0. The number of alkyl halides is 3. The average molecular weight is 398 g/mol. The van der Waals surface area contributed by atoms with E-state index in [1.807, 2.05) is 0 Å². The van der Waals surface area contributed by atoms with Gasteiger partial charge in [-0.1, -0.05) is 28.8 Å². The topological polar surface area (TPSA) is 38.3 Å². The van der Waals surface area contributed by atoms with Crippen molar-refractivity contribution in [2.24, 2.45) is 5.92 Å². The number of carbonyl (C=O) groups excluding carboxylic acids is 1. The molecule has 0 radical (unpaired) electrons. The minimum Gasteiger partial charge on any atom is -0.481 e. The van der Waals surface area contributed by atoms with Crippen LogP contribution in [0.2, 0.25) is 0 Å². The molecule has 0 aromatic heterocycles. The fourth-order valence-corrected chi connectivity index (χ4v) is 3.01. The van der Waals surface area contributed by atoms with Crippen molar-refractivity contribution in [2.75, 3.05) is 6.61 Å². The summed E-state index contributed by atoms with van der Waals surface area (Å²) in [6, 6.07) is 3.10. The molecular formula is C15H16BrF4NO2. The van der Waals surface area contributed by atoms with Crippen molar-refractivity contribution in [3.8, 4) is 5.75 Å². The SMILES string of the molecule is O=C(COc1ccc(Br)cc1F)NC1CCCCC1C(F)(F)F. The average Bonchev–Trinajstić information content (AvgIpc) is 2.46. The van der Waals surface area contributed by atoms with E-state index in [0.29, 0.717) is 17.3 Å². The third kappa shape index (κ3) is 5.09. The first kappa shape index (κ1) is 18.0. The summed E-state index contributed by atoms with van der Waals surface area (Å²) < 4.78 is 57.9. The summed E-state index contributed by atoms with van der Waals surface area (Å²) >= 11 is 3.09. The van der Waals surface area contributed by atoms with Gasteiger partial charge in [-0.2, -0.15) is 13.2 Å². The Morgan fingerprint density at radius 2 is 2.00 bits per heavy atom. The minimum atomic E-state index is -4.34. The molecule has 1 aromatic rings. The summed E-state index contributed by atoms with van der Waals surface area (Å²) in [5, 5.41) is 2.36. The van der Waals surface area contributed by atoms with Gasteiger partial charge in [0.1, 0.15) is 0 Å². The van der Waals surface area contributed by atoms with Crippen LogP contribution in [0, 0.1) is 11.7 Å². The van der Waals surface area contributed by atoms with Crippen LogP contribution >= 0.6 is 15.9 Å². The molecule has 0 bridgehead atoms. The summed E-state index contributed by atoms with van der Waals surface area (Å²) in [5.41, 5.74) is 0. The molecule has 0 heterocycles. The summed E-state index contributed by atoms with van der Waals surface area (Å²) in [4.78, 5) is 11.8. The number of hydrogen-bond donors (Lipinski definition) is 1. The number of hydrogen-bond acceptors (Lipinski definition) is 2. The highest BCUT2D eigenvalue weighted by Crippen LogP contribution is 2.37. The maximum absolute atomic E-state index is 13.5. The van der Waals surface area contributed by atoms with Crippen molar-refractivity contribution in [1.82, 2.24) is 5.32 Å². The van der Waals surface area contributed by atoms with E-state index < -0.39 is 36.5 Å². The Balaban J connectivity index is 1.90. The lowest BCUT2D eigenvalue weighted by Gasteiger charge is -2.33. The number of ether oxygens (including phenoxy) is 1. The van der Waals surface area contributed by atoms with Gasteiger partial charge in [0.25, 0.3) is 5.91 Å². The molecule has 0 aliphatic heterocycles. The van der Waals surface area contributed by atoms with Gasteiger partial charge in [-0.05, 0) is 31.0 Å². The fourth-order valence-electron chi connectivity index (χ4n) is 2.68. The third-order valence-corrected chi connectivity index (χ3v) is 4.28. The van der Waals surface area contributed by atoms with Crippen molar-refractivity contribution < 1.29 is 27.1 Å². The number of amides is 1. The largest absolute Gasteiger partial charge is 0.481 e. The molecule has 0 saturated heterocycles. The van der Waals surface area contributed by atoms with Crippen molar-refractivity contribution in [1.29, 1.82) is 0 Å². The van der Waals surface area contributed by atoms with Gasteiger partial charge in [0.05, 0.1) is 5.92 Å². The molecule has 1 aromatic carbocycles. The Bertz CT molecular complexity index is 565. The zero-order valence-electron chi connectivity index (χ0n) is 12.1. The van der Waals surface area contributed by atoms with E-state index in [9.17, 15) is 22.4 Å². The lowest BCUT2D eigenvalue weighted by atomic mass is 9.84. The molecule has 3 nitrogen and oxygen atoms in total. The normalized spacial score (nSPS) is 21.8. The zero-order chi connectivity index (χ0) is 17.0. The first-order chi connectivity index (χ1) is 10.8. The molecule has 1 fully saturated rings. The molecule has 1 amide bonds. The lowest BCUT2D eigenvalue weighted by Crippen LogP contribution is -2.48. The molecule has 128 valence electrons. The van der Waals surface area contributed by atoms with Gasteiger partial charge < -0.3 is 10.1 Å². The predicted molar refractivity (Wildman–Crippen MR) is 79.5 cm³/mol. The van der Waals surface area contributed by atoms with Gasteiger partial charge in [-0.3, -0.25) is 4.79 Å². The zero-order valence-corrected chi connectivity index (χ0v) is 13.7. The molecule has 0 spiro atoms. The lowest BCUT2D eigenvalue weighted by molar-refractivity contribution is -0.189. The standard InChI is InChI=1S/C15H16BrF4NO2/c16-9-5-6-13(11(17)7-9)23-8-14(22)21-12-4-2-1-3-10(12)15(18,19)20/h5-7,10,12H,1-4,8H2,(H,21,22). The molecular weight excluding hydrogens is 382 g/mol. The van der Waals surface area contributed by atoms with E-state index in [1.54, 1.807) is 0 Å². The van der Waals surface area contributed by atoms with Crippen molar-refractivity contribution >= 4 is 21.8 Å². The molecule has 2 unspecified atom stereocenters. The number of nitrogens with one attached hydrogen (secondary N) is 1. The Kier molecular flexibility index (Phi) is 5.89. The van der Waals surface area contributed by atoms with Crippen LogP contribution in [0.1, 0.15) is 25.7 Å². The van der Waals surface area contributed by atoms with Gasteiger partial charge in [-0.25, -0.2) is 4.39 Å². The fraction of sp³-hybridized carbons (Fsp3) is 0.533. The van der Waals surface area contributed by atoms with Gasteiger partial charge in [-0.15, -0.1) is 0 Å². The number of benzene rings is 1. The summed E-state index contributed by atoms with van der Waals surface area (Å²) in [6.45, 7) is -0.528. The van der Waals surface area contributed by atoms with Crippen LogP contribution in [-0.4, -0.2) is 24.7 Å². The highest BCUT2D eigenvalue weighted by Gasteiger charge is 2.45. The maximum Gasteiger partial charge on any atom is 0.393 e. The summed E-state index contributed by atoms with van der Waals surface area (Å²) in [5.74, 6) is -3.00. The third-order valence-electron chi connectivity index (χ3n) is 3.79. The number of rotatable bonds is 4. The maximum atomic E-state index is 13.5. The monoisotopic (exact) mass is 397 g/mol. The number of halogens is 5. The Morgan fingerprint density at radius 1 is 1.30 bits per heavy atom. The van der Waals surface area contributed by atoms with E-state index in [1.165, 1.54) is 18.2 Å². The summed E-state index contributed by atoms with van der Waals surface area (Å²) in [6.07, 6.45) is -2.91.